The summed E-state index contributed by atoms with van der Waals surface area (Å²) in [6.07, 6.45) is 1.06. The first-order chi connectivity index (χ1) is 11.4. The van der Waals surface area contributed by atoms with Crippen LogP contribution in [0.1, 0.15) is 37.0 Å². The van der Waals surface area contributed by atoms with Gasteiger partial charge in [0.25, 0.3) is 5.91 Å². The number of carbonyl (C=O) groups excluding carboxylic acids is 3. The fraction of sp³-hybridized carbons (Fsp3) is 0.471. The van der Waals surface area contributed by atoms with Crippen LogP contribution in [0.25, 0.3) is 0 Å². The maximum absolute atomic E-state index is 11.8. The largest absolute Gasteiger partial charge is 0.493 e. The van der Waals surface area contributed by atoms with Crippen molar-refractivity contribution in [2.75, 3.05) is 13.7 Å². The van der Waals surface area contributed by atoms with Crippen molar-refractivity contribution >= 4 is 17.7 Å². The van der Waals surface area contributed by atoms with Gasteiger partial charge in [-0.05, 0) is 44.9 Å². The molecule has 7 nitrogen and oxygen atoms in total. The molecule has 130 valence electrons. The molecule has 0 aromatic heterocycles. The SMILES string of the molecule is COc1cc(C(C)=O)ccc1OCC(=O)O[C@@H](C)C(=O)NC1CC1. The summed E-state index contributed by atoms with van der Waals surface area (Å²) in [5.74, 6) is -0.417. The Labute approximate surface area is 140 Å². The Bertz CT molecular complexity index is 638. The van der Waals surface area contributed by atoms with E-state index in [1.807, 2.05) is 0 Å². The van der Waals surface area contributed by atoms with Gasteiger partial charge in [0.2, 0.25) is 0 Å². The number of Topliss-reactive ketones (excluding diaryl/α,β-unsaturated/α-hetero) is 1. The number of benzene rings is 1. The number of nitrogens with one attached hydrogen (secondary N) is 1. The van der Waals surface area contributed by atoms with Gasteiger partial charge in [-0.25, -0.2) is 4.79 Å². The first kappa shape index (κ1) is 17.8. The van der Waals surface area contributed by atoms with Crippen molar-refractivity contribution in [2.24, 2.45) is 0 Å². The van der Waals surface area contributed by atoms with Gasteiger partial charge in [-0.2, -0.15) is 0 Å². The van der Waals surface area contributed by atoms with Crippen molar-refractivity contribution in [2.45, 2.75) is 38.8 Å². The molecular formula is C17H21NO6. The van der Waals surface area contributed by atoms with Gasteiger partial charge in [0.1, 0.15) is 0 Å². The average Bonchev–Trinajstić information content (AvgIpc) is 3.36. The molecule has 0 aliphatic heterocycles. The lowest BCUT2D eigenvalue weighted by atomic mass is 10.1. The maximum Gasteiger partial charge on any atom is 0.344 e. The molecule has 0 saturated heterocycles. The molecule has 0 spiro atoms. The molecule has 1 fully saturated rings. The minimum absolute atomic E-state index is 0.102. The Balaban J connectivity index is 1.86. The standard InChI is InChI=1S/C17H21NO6/c1-10(19)12-4-7-14(15(8-12)22-3)23-9-16(20)24-11(2)17(21)18-13-5-6-13/h4,7-8,11,13H,5-6,9H2,1-3H3,(H,18,21)/t11-/m0/s1. The summed E-state index contributed by atoms with van der Waals surface area (Å²) in [5.41, 5.74) is 0.479. The zero-order chi connectivity index (χ0) is 17.7. The molecule has 1 saturated carbocycles. The highest BCUT2D eigenvalue weighted by Crippen LogP contribution is 2.28. The molecule has 1 aromatic carbocycles. The van der Waals surface area contributed by atoms with Crippen LogP contribution in [-0.2, 0) is 14.3 Å². The zero-order valence-electron chi connectivity index (χ0n) is 14.0. The van der Waals surface area contributed by atoms with E-state index in [0.29, 0.717) is 17.1 Å². The highest BCUT2D eigenvalue weighted by molar-refractivity contribution is 5.94. The lowest BCUT2D eigenvalue weighted by Crippen LogP contribution is -2.37. The molecule has 0 heterocycles. The smallest absolute Gasteiger partial charge is 0.344 e. The molecule has 2 rings (SSSR count). The summed E-state index contributed by atoms with van der Waals surface area (Å²) < 4.78 is 15.5. The van der Waals surface area contributed by atoms with Crippen LogP contribution in [0.5, 0.6) is 11.5 Å². The molecule has 1 aromatic rings. The molecule has 1 aliphatic rings. The van der Waals surface area contributed by atoms with Crippen LogP contribution in [0.15, 0.2) is 18.2 Å². The number of carbonyl (C=O) groups is 3. The number of methoxy groups -OCH3 is 1. The highest BCUT2D eigenvalue weighted by atomic mass is 16.6. The fourth-order valence-electron chi connectivity index (χ4n) is 1.97. The number of ether oxygens (including phenoxy) is 3. The van der Waals surface area contributed by atoms with E-state index in [2.05, 4.69) is 5.32 Å². The summed E-state index contributed by atoms with van der Waals surface area (Å²) in [6, 6.07) is 4.87. The quantitative estimate of drug-likeness (QED) is 0.572. The molecule has 1 aliphatic carbocycles. The second-order valence-corrected chi connectivity index (χ2v) is 5.63. The number of hydrogen-bond donors (Lipinski definition) is 1. The Morgan fingerprint density at radius 2 is 1.96 bits per heavy atom. The zero-order valence-corrected chi connectivity index (χ0v) is 14.0. The van der Waals surface area contributed by atoms with E-state index in [1.165, 1.54) is 27.0 Å². The normalized spacial score (nSPS) is 14.5. The fourth-order valence-corrected chi connectivity index (χ4v) is 1.97. The number of amides is 1. The second-order valence-electron chi connectivity index (χ2n) is 5.63. The van der Waals surface area contributed by atoms with Crippen LogP contribution in [0, 0.1) is 0 Å². The number of hydrogen-bond acceptors (Lipinski definition) is 6. The summed E-state index contributed by atoms with van der Waals surface area (Å²) in [7, 11) is 1.44. The molecule has 0 radical (unpaired) electrons. The van der Waals surface area contributed by atoms with Crippen LogP contribution in [0.4, 0.5) is 0 Å². The van der Waals surface area contributed by atoms with Crippen molar-refractivity contribution in [1.82, 2.24) is 5.32 Å². The maximum atomic E-state index is 11.8. The van der Waals surface area contributed by atoms with Crippen molar-refractivity contribution in [3.63, 3.8) is 0 Å². The van der Waals surface area contributed by atoms with Gasteiger partial charge in [0, 0.05) is 11.6 Å². The molecule has 7 heteroatoms. The molecule has 1 amide bonds. The third-order valence-electron chi connectivity index (χ3n) is 3.52. The highest BCUT2D eigenvalue weighted by Gasteiger charge is 2.27. The second kappa shape index (κ2) is 7.81. The third-order valence-corrected chi connectivity index (χ3v) is 3.52. The van der Waals surface area contributed by atoms with Crippen LogP contribution < -0.4 is 14.8 Å². The monoisotopic (exact) mass is 335 g/mol. The van der Waals surface area contributed by atoms with E-state index in [9.17, 15) is 14.4 Å². The van der Waals surface area contributed by atoms with Gasteiger partial charge in [-0.1, -0.05) is 0 Å². The Kier molecular flexibility index (Phi) is 5.78. The predicted octanol–water partition coefficient (Wildman–Crippen LogP) is 1.49. The Hall–Kier alpha value is -2.57. The molecule has 24 heavy (non-hydrogen) atoms. The van der Waals surface area contributed by atoms with Gasteiger partial charge >= 0.3 is 5.97 Å². The number of rotatable bonds is 8. The van der Waals surface area contributed by atoms with E-state index in [0.717, 1.165) is 12.8 Å². The van der Waals surface area contributed by atoms with Crippen LogP contribution >= 0.6 is 0 Å². The van der Waals surface area contributed by atoms with E-state index < -0.39 is 12.1 Å². The topological polar surface area (TPSA) is 90.9 Å². The minimum Gasteiger partial charge on any atom is -0.493 e. The van der Waals surface area contributed by atoms with E-state index in [4.69, 9.17) is 14.2 Å². The van der Waals surface area contributed by atoms with Crippen molar-refractivity contribution in [1.29, 1.82) is 0 Å². The number of ketones is 1. The van der Waals surface area contributed by atoms with Crippen LogP contribution in [0.2, 0.25) is 0 Å². The van der Waals surface area contributed by atoms with Crippen LogP contribution in [-0.4, -0.2) is 43.5 Å². The first-order valence-electron chi connectivity index (χ1n) is 7.72. The summed E-state index contributed by atoms with van der Waals surface area (Å²) in [6.45, 7) is 2.59. The molecule has 0 unspecified atom stereocenters. The molecular weight excluding hydrogens is 314 g/mol. The van der Waals surface area contributed by atoms with Crippen molar-refractivity contribution in [3.05, 3.63) is 23.8 Å². The Morgan fingerprint density at radius 1 is 1.25 bits per heavy atom. The lowest BCUT2D eigenvalue weighted by molar-refractivity contribution is -0.156. The lowest BCUT2D eigenvalue weighted by Gasteiger charge is -2.14. The Morgan fingerprint density at radius 3 is 2.54 bits per heavy atom. The van der Waals surface area contributed by atoms with Gasteiger partial charge in [0.15, 0.2) is 30.0 Å². The van der Waals surface area contributed by atoms with Gasteiger partial charge < -0.3 is 19.5 Å². The van der Waals surface area contributed by atoms with Gasteiger partial charge in [-0.3, -0.25) is 9.59 Å². The summed E-state index contributed by atoms with van der Waals surface area (Å²) in [5, 5.41) is 2.76. The first-order valence-corrected chi connectivity index (χ1v) is 7.72. The molecule has 0 bridgehead atoms. The molecule has 1 N–H and O–H groups in total. The van der Waals surface area contributed by atoms with Gasteiger partial charge in [0.05, 0.1) is 7.11 Å². The summed E-state index contributed by atoms with van der Waals surface area (Å²) >= 11 is 0. The van der Waals surface area contributed by atoms with Crippen LogP contribution in [0.3, 0.4) is 0 Å². The van der Waals surface area contributed by atoms with Crippen molar-refractivity contribution in [3.8, 4) is 11.5 Å². The van der Waals surface area contributed by atoms with Gasteiger partial charge in [-0.15, -0.1) is 0 Å². The van der Waals surface area contributed by atoms with E-state index in [1.54, 1.807) is 12.1 Å². The average molecular weight is 335 g/mol. The summed E-state index contributed by atoms with van der Waals surface area (Å²) in [4.78, 5) is 34.9. The molecule has 1 atom stereocenters. The third kappa shape index (κ3) is 4.97. The van der Waals surface area contributed by atoms with Crippen molar-refractivity contribution < 1.29 is 28.6 Å². The predicted molar refractivity (Wildman–Crippen MR) is 85.2 cm³/mol. The minimum atomic E-state index is -0.872. The van der Waals surface area contributed by atoms with E-state index >= 15 is 0 Å². The number of esters is 1. The van der Waals surface area contributed by atoms with E-state index in [-0.39, 0.29) is 24.3 Å².